The van der Waals surface area contributed by atoms with Crippen molar-refractivity contribution >= 4 is 17.9 Å². The largest absolute Gasteiger partial charge is 0.462 e. The van der Waals surface area contributed by atoms with Crippen molar-refractivity contribution in [3.05, 3.63) is 12.2 Å². The number of esters is 3. The fraction of sp³-hybridized carbons (Fsp3) is 0.900. The van der Waals surface area contributed by atoms with Crippen molar-refractivity contribution in [3.8, 4) is 0 Å². The van der Waals surface area contributed by atoms with Crippen molar-refractivity contribution in [1.29, 1.82) is 0 Å². The average Bonchev–Trinajstić information content (AvgIpc) is 3.19. The molecular formula is C50H94O6. The highest BCUT2D eigenvalue weighted by molar-refractivity contribution is 5.71. The van der Waals surface area contributed by atoms with E-state index in [0.29, 0.717) is 19.3 Å². The maximum Gasteiger partial charge on any atom is 0.306 e. The Morgan fingerprint density at radius 3 is 0.946 bits per heavy atom. The first-order valence-electron chi connectivity index (χ1n) is 24.7. The Balaban J connectivity index is 4.09. The molecule has 0 rings (SSSR count). The van der Waals surface area contributed by atoms with Gasteiger partial charge in [0.2, 0.25) is 0 Å². The van der Waals surface area contributed by atoms with Crippen LogP contribution in [0.1, 0.15) is 271 Å². The van der Waals surface area contributed by atoms with E-state index in [0.717, 1.165) is 64.2 Å². The zero-order chi connectivity index (χ0) is 40.8. The molecule has 0 spiro atoms. The molecule has 0 fully saturated rings. The van der Waals surface area contributed by atoms with E-state index in [9.17, 15) is 14.4 Å². The summed E-state index contributed by atoms with van der Waals surface area (Å²) in [5, 5.41) is 0. The van der Waals surface area contributed by atoms with Gasteiger partial charge in [-0.1, -0.05) is 226 Å². The van der Waals surface area contributed by atoms with E-state index >= 15 is 0 Å². The second-order valence-corrected chi connectivity index (χ2v) is 16.7. The van der Waals surface area contributed by atoms with Gasteiger partial charge >= 0.3 is 17.9 Å². The van der Waals surface area contributed by atoms with Gasteiger partial charge in [-0.15, -0.1) is 0 Å². The molecule has 0 saturated heterocycles. The minimum Gasteiger partial charge on any atom is -0.462 e. The van der Waals surface area contributed by atoms with E-state index in [4.69, 9.17) is 14.2 Å². The molecule has 56 heavy (non-hydrogen) atoms. The molecule has 0 aliphatic carbocycles. The maximum atomic E-state index is 12.7. The van der Waals surface area contributed by atoms with Crippen molar-refractivity contribution in [2.45, 2.75) is 277 Å². The molecule has 0 amide bonds. The third-order valence-corrected chi connectivity index (χ3v) is 11.0. The summed E-state index contributed by atoms with van der Waals surface area (Å²) in [4.78, 5) is 37.6. The topological polar surface area (TPSA) is 78.9 Å². The van der Waals surface area contributed by atoms with Crippen molar-refractivity contribution in [1.82, 2.24) is 0 Å². The molecule has 0 aliphatic rings. The lowest BCUT2D eigenvalue weighted by Gasteiger charge is -2.18. The maximum absolute atomic E-state index is 12.7. The van der Waals surface area contributed by atoms with Gasteiger partial charge in [-0.3, -0.25) is 14.4 Å². The normalized spacial score (nSPS) is 12.0. The quantitative estimate of drug-likeness (QED) is 0.0264. The number of rotatable bonds is 45. The highest BCUT2D eigenvalue weighted by Gasteiger charge is 2.19. The minimum atomic E-state index is -0.765. The number of hydrogen-bond acceptors (Lipinski definition) is 6. The van der Waals surface area contributed by atoms with Crippen molar-refractivity contribution in [2.75, 3.05) is 13.2 Å². The zero-order valence-electron chi connectivity index (χ0n) is 37.7. The Hall–Kier alpha value is -1.85. The number of allylic oxidation sites excluding steroid dienone is 2. The first kappa shape index (κ1) is 54.2. The lowest BCUT2D eigenvalue weighted by atomic mass is 10.0. The Kier molecular flexibility index (Phi) is 44.3. The molecule has 0 aliphatic heterocycles. The summed E-state index contributed by atoms with van der Waals surface area (Å²) in [6, 6.07) is 0. The highest BCUT2D eigenvalue weighted by atomic mass is 16.6. The van der Waals surface area contributed by atoms with Gasteiger partial charge in [-0.05, 0) is 38.5 Å². The van der Waals surface area contributed by atoms with Crippen LogP contribution in [0.2, 0.25) is 0 Å². The number of carbonyl (C=O) groups excluding carboxylic acids is 3. The van der Waals surface area contributed by atoms with Gasteiger partial charge in [0.15, 0.2) is 6.10 Å². The molecule has 6 heteroatoms. The molecule has 0 N–H and O–H groups in total. The van der Waals surface area contributed by atoms with Crippen LogP contribution in [-0.2, 0) is 28.6 Å². The predicted molar refractivity (Wildman–Crippen MR) is 238 cm³/mol. The highest BCUT2D eigenvalue weighted by Crippen LogP contribution is 2.16. The summed E-state index contributed by atoms with van der Waals surface area (Å²) in [6.45, 7) is 6.56. The van der Waals surface area contributed by atoms with Crippen molar-refractivity contribution in [3.63, 3.8) is 0 Å². The summed E-state index contributed by atoms with van der Waals surface area (Å²) in [5.74, 6) is -0.878. The lowest BCUT2D eigenvalue weighted by molar-refractivity contribution is -0.167. The second-order valence-electron chi connectivity index (χ2n) is 16.7. The van der Waals surface area contributed by atoms with E-state index in [1.54, 1.807) is 0 Å². The lowest BCUT2D eigenvalue weighted by Crippen LogP contribution is -2.30. The third-order valence-electron chi connectivity index (χ3n) is 11.0. The molecule has 0 aromatic carbocycles. The van der Waals surface area contributed by atoms with E-state index in [-0.39, 0.29) is 31.1 Å². The molecule has 0 bridgehead atoms. The molecule has 0 aromatic heterocycles. The molecule has 0 saturated carbocycles. The third kappa shape index (κ3) is 43.3. The second kappa shape index (κ2) is 45.8. The summed E-state index contributed by atoms with van der Waals surface area (Å²) in [7, 11) is 0. The molecule has 330 valence electrons. The molecule has 1 atom stereocenters. The van der Waals surface area contributed by atoms with Crippen LogP contribution < -0.4 is 0 Å². The van der Waals surface area contributed by atoms with Gasteiger partial charge in [0, 0.05) is 19.3 Å². The Labute approximate surface area is 348 Å². The fourth-order valence-electron chi connectivity index (χ4n) is 7.25. The van der Waals surface area contributed by atoms with Gasteiger partial charge in [0.25, 0.3) is 0 Å². The van der Waals surface area contributed by atoms with Crippen molar-refractivity contribution in [2.24, 2.45) is 0 Å². The van der Waals surface area contributed by atoms with Crippen LogP contribution in [0.4, 0.5) is 0 Å². The monoisotopic (exact) mass is 791 g/mol. The Morgan fingerprint density at radius 2 is 0.607 bits per heavy atom. The number of carbonyl (C=O) groups is 3. The average molecular weight is 791 g/mol. The van der Waals surface area contributed by atoms with Crippen LogP contribution in [0.3, 0.4) is 0 Å². The molecule has 0 aromatic rings. The van der Waals surface area contributed by atoms with Crippen LogP contribution in [0, 0.1) is 0 Å². The molecule has 6 nitrogen and oxygen atoms in total. The zero-order valence-corrected chi connectivity index (χ0v) is 37.7. The van der Waals surface area contributed by atoms with Crippen LogP contribution in [0.25, 0.3) is 0 Å². The van der Waals surface area contributed by atoms with Gasteiger partial charge in [-0.25, -0.2) is 0 Å². The molecule has 0 radical (unpaired) electrons. The summed E-state index contributed by atoms with van der Waals surface area (Å²) in [6.07, 6.45) is 49.4. The first-order chi connectivity index (χ1) is 27.5. The fourth-order valence-corrected chi connectivity index (χ4v) is 7.25. The van der Waals surface area contributed by atoms with Crippen LogP contribution in [-0.4, -0.2) is 37.2 Å². The minimum absolute atomic E-state index is 0.0695. The SMILES string of the molecule is CCCC/C=C\CCCCCCCC(=O)OC(COC(=O)CCCCCCCC)COC(=O)CCCCCCCCCCCCCCCCCCCCCCC. The van der Waals surface area contributed by atoms with E-state index in [2.05, 4.69) is 32.9 Å². The van der Waals surface area contributed by atoms with Gasteiger partial charge in [-0.2, -0.15) is 0 Å². The van der Waals surface area contributed by atoms with Gasteiger partial charge < -0.3 is 14.2 Å². The number of unbranched alkanes of at least 4 members (excludes halogenated alkanes) is 32. The number of hydrogen-bond donors (Lipinski definition) is 0. The Bertz CT molecular complexity index is 870. The van der Waals surface area contributed by atoms with Crippen LogP contribution >= 0.6 is 0 Å². The smallest absolute Gasteiger partial charge is 0.306 e. The summed E-state index contributed by atoms with van der Waals surface area (Å²) >= 11 is 0. The Morgan fingerprint density at radius 1 is 0.339 bits per heavy atom. The molecular weight excluding hydrogens is 697 g/mol. The molecule has 1 unspecified atom stereocenters. The van der Waals surface area contributed by atoms with Crippen LogP contribution in [0.5, 0.6) is 0 Å². The van der Waals surface area contributed by atoms with E-state index in [1.807, 2.05) is 0 Å². The van der Waals surface area contributed by atoms with Crippen molar-refractivity contribution < 1.29 is 28.6 Å². The standard InChI is InChI=1S/C50H94O6/c1-4-7-10-13-16-18-20-21-22-23-24-25-26-27-28-29-31-32-34-37-40-43-49(52)55-46-47(45-54-48(51)42-39-36-15-12-9-6-3)56-50(53)44-41-38-35-33-30-19-17-14-11-8-5-2/h14,17,47H,4-13,15-16,18-46H2,1-3H3/b17-14-. The van der Waals surface area contributed by atoms with E-state index in [1.165, 1.54) is 167 Å². The van der Waals surface area contributed by atoms with Crippen LogP contribution in [0.15, 0.2) is 12.2 Å². The van der Waals surface area contributed by atoms with Gasteiger partial charge in [0.05, 0.1) is 0 Å². The summed E-state index contributed by atoms with van der Waals surface area (Å²) < 4.78 is 16.6. The number of ether oxygens (including phenoxy) is 3. The first-order valence-corrected chi connectivity index (χ1v) is 24.7. The summed E-state index contributed by atoms with van der Waals surface area (Å²) in [5.41, 5.74) is 0. The van der Waals surface area contributed by atoms with E-state index < -0.39 is 6.10 Å². The van der Waals surface area contributed by atoms with Gasteiger partial charge in [0.1, 0.15) is 13.2 Å². The predicted octanol–water partition coefficient (Wildman–Crippen LogP) is 15.8. The molecule has 0 heterocycles.